The molecule has 2 aromatic rings. The van der Waals surface area contributed by atoms with Crippen molar-refractivity contribution < 1.29 is 9.15 Å². The lowest BCUT2D eigenvalue weighted by molar-refractivity contribution is 0.343. The molecule has 0 fully saturated rings. The fourth-order valence-electron chi connectivity index (χ4n) is 1.59. The molecule has 0 bridgehead atoms. The number of hydrogen-bond acceptors (Lipinski definition) is 4. The van der Waals surface area contributed by atoms with Crippen molar-refractivity contribution in [1.29, 1.82) is 5.41 Å². The second-order valence-electron chi connectivity index (χ2n) is 3.45. The van der Waals surface area contributed by atoms with Crippen LogP contribution in [0.3, 0.4) is 0 Å². The fraction of sp³-hybridized carbons (Fsp3) is 0.167. The highest BCUT2D eigenvalue weighted by molar-refractivity contribution is 7.80. The van der Waals surface area contributed by atoms with Crippen LogP contribution in [0.2, 0.25) is 0 Å². The number of hydrogen-bond donors (Lipinski definition) is 2. The van der Waals surface area contributed by atoms with Gasteiger partial charge in [0.2, 0.25) is 5.55 Å². The molecule has 2 rings (SSSR count). The molecule has 88 valence electrons. The molecule has 0 saturated carbocycles. The summed E-state index contributed by atoms with van der Waals surface area (Å²) in [6.45, 7) is 2.47. The smallest absolute Gasteiger partial charge is 0.222 e. The van der Waals surface area contributed by atoms with Gasteiger partial charge in [0.25, 0.3) is 0 Å². The van der Waals surface area contributed by atoms with Gasteiger partial charge < -0.3 is 14.9 Å². The lowest BCUT2D eigenvalue weighted by Gasteiger charge is -2.07. The van der Waals surface area contributed by atoms with Gasteiger partial charge in [-0.05, 0) is 25.1 Å². The van der Waals surface area contributed by atoms with Crippen molar-refractivity contribution >= 4 is 28.2 Å². The summed E-state index contributed by atoms with van der Waals surface area (Å²) in [7, 11) is 0. The van der Waals surface area contributed by atoms with E-state index in [1.54, 1.807) is 12.1 Å². The molecule has 0 aliphatic carbocycles. The summed E-state index contributed by atoms with van der Waals surface area (Å²) in [5.74, 6) is 0.700. The number of ether oxygens (including phenoxy) is 1. The van der Waals surface area contributed by atoms with Crippen molar-refractivity contribution in [2.24, 2.45) is 5.73 Å². The average molecular weight is 248 g/mol. The molecule has 1 aromatic carbocycles. The minimum absolute atomic E-state index is 0.0290. The van der Waals surface area contributed by atoms with Crippen molar-refractivity contribution in [3.8, 4) is 5.75 Å². The second kappa shape index (κ2) is 4.55. The van der Waals surface area contributed by atoms with Gasteiger partial charge in [0.15, 0.2) is 0 Å². The second-order valence-corrected chi connectivity index (χ2v) is 3.89. The first kappa shape index (κ1) is 11.6. The average Bonchev–Trinajstić information content (AvgIpc) is 2.28. The van der Waals surface area contributed by atoms with E-state index in [4.69, 9.17) is 32.5 Å². The highest BCUT2D eigenvalue weighted by Crippen LogP contribution is 2.25. The quantitative estimate of drug-likeness (QED) is 0.814. The van der Waals surface area contributed by atoms with Gasteiger partial charge in [-0.3, -0.25) is 5.41 Å². The number of benzene rings is 1. The summed E-state index contributed by atoms with van der Waals surface area (Å²) in [5.41, 5.74) is 6.51. The molecule has 4 nitrogen and oxygen atoms in total. The third-order valence-electron chi connectivity index (χ3n) is 2.34. The number of nitrogens with one attached hydrogen (secondary N) is 1. The zero-order valence-electron chi connectivity index (χ0n) is 9.32. The Morgan fingerprint density at radius 3 is 2.94 bits per heavy atom. The molecule has 0 aliphatic rings. The Hall–Kier alpha value is -1.88. The molecular weight excluding hydrogens is 236 g/mol. The highest BCUT2D eigenvalue weighted by atomic mass is 32.1. The van der Waals surface area contributed by atoms with Crippen molar-refractivity contribution in [2.45, 2.75) is 6.92 Å². The highest BCUT2D eigenvalue weighted by Gasteiger charge is 2.08. The van der Waals surface area contributed by atoms with Crippen LogP contribution in [0.4, 0.5) is 0 Å². The van der Waals surface area contributed by atoms with Gasteiger partial charge >= 0.3 is 0 Å². The van der Waals surface area contributed by atoms with Gasteiger partial charge in [0, 0.05) is 0 Å². The van der Waals surface area contributed by atoms with Gasteiger partial charge in [0.05, 0.1) is 17.6 Å². The molecule has 3 N–H and O–H groups in total. The fourth-order valence-corrected chi connectivity index (χ4v) is 1.75. The summed E-state index contributed by atoms with van der Waals surface area (Å²) in [4.78, 5) is 0.145. The van der Waals surface area contributed by atoms with Crippen molar-refractivity contribution in [3.05, 3.63) is 35.4 Å². The van der Waals surface area contributed by atoms with E-state index in [2.05, 4.69) is 0 Å². The largest absolute Gasteiger partial charge is 0.493 e. The summed E-state index contributed by atoms with van der Waals surface area (Å²) < 4.78 is 10.8. The Labute approximate surface area is 104 Å². The van der Waals surface area contributed by atoms with Crippen LogP contribution in [0, 0.1) is 5.41 Å². The Kier molecular flexibility index (Phi) is 3.10. The van der Waals surface area contributed by atoms with E-state index in [9.17, 15) is 0 Å². The molecule has 5 heteroatoms. The van der Waals surface area contributed by atoms with Crippen LogP contribution in [0.5, 0.6) is 5.75 Å². The van der Waals surface area contributed by atoms with E-state index in [1.807, 2.05) is 19.1 Å². The molecular formula is C12H12N2O2S. The molecule has 0 amide bonds. The maximum atomic E-state index is 7.68. The van der Waals surface area contributed by atoms with Crippen LogP contribution in [0.25, 0.3) is 11.0 Å². The predicted octanol–water partition coefficient (Wildman–Crippen LogP) is 1.95. The Bertz CT molecular complexity index is 634. The molecule has 0 unspecified atom stereocenters. The van der Waals surface area contributed by atoms with E-state index >= 15 is 0 Å². The number of thiocarbonyl (C=S) groups is 1. The van der Waals surface area contributed by atoms with Gasteiger partial charge in [-0.15, -0.1) is 0 Å². The third kappa shape index (κ3) is 2.14. The Morgan fingerprint density at radius 1 is 1.53 bits per heavy atom. The van der Waals surface area contributed by atoms with E-state index in [-0.39, 0.29) is 10.5 Å². The van der Waals surface area contributed by atoms with Gasteiger partial charge in [-0.1, -0.05) is 18.3 Å². The Balaban J connectivity index is 2.76. The van der Waals surface area contributed by atoms with Crippen LogP contribution < -0.4 is 16.0 Å². The SMILES string of the molecule is CCOc1cccc2oc(=N)c(C(N)=S)cc12. The zero-order chi connectivity index (χ0) is 12.4. The van der Waals surface area contributed by atoms with E-state index in [1.165, 1.54) is 0 Å². The summed E-state index contributed by atoms with van der Waals surface area (Å²) in [6.07, 6.45) is 0. The van der Waals surface area contributed by atoms with Crippen molar-refractivity contribution in [1.82, 2.24) is 0 Å². The maximum Gasteiger partial charge on any atom is 0.222 e. The molecule has 1 heterocycles. The van der Waals surface area contributed by atoms with Crippen LogP contribution in [0.15, 0.2) is 28.7 Å². The molecule has 0 radical (unpaired) electrons. The number of fused-ring (bicyclic) bond motifs is 1. The molecule has 0 atom stereocenters. The first-order valence-electron chi connectivity index (χ1n) is 5.17. The predicted molar refractivity (Wildman–Crippen MR) is 69.1 cm³/mol. The summed E-state index contributed by atoms with van der Waals surface area (Å²) >= 11 is 4.88. The zero-order valence-corrected chi connectivity index (χ0v) is 10.1. The third-order valence-corrected chi connectivity index (χ3v) is 2.56. The number of rotatable bonds is 3. The first-order chi connectivity index (χ1) is 8.13. The lowest BCUT2D eigenvalue weighted by atomic mass is 10.1. The van der Waals surface area contributed by atoms with E-state index in [0.29, 0.717) is 23.5 Å². The summed E-state index contributed by atoms with van der Waals surface area (Å²) in [6, 6.07) is 7.17. The normalized spacial score (nSPS) is 10.4. The van der Waals surface area contributed by atoms with Crippen LogP contribution >= 0.6 is 12.2 Å². The van der Waals surface area contributed by atoms with Gasteiger partial charge in [0.1, 0.15) is 16.3 Å². The maximum absolute atomic E-state index is 7.68. The van der Waals surface area contributed by atoms with Gasteiger partial charge in [-0.25, -0.2) is 0 Å². The first-order valence-corrected chi connectivity index (χ1v) is 5.58. The molecule has 0 aliphatic heterocycles. The van der Waals surface area contributed by atoms with Crippen molar-refractivity contribution in [2.75, 3.05) is 6.61 Å². The van der Waals surface area contributed by atoms with Crippen LogP contribution in [-0.2, 0) is 0 Å². The minimum atomic E-state index is -0.0290. The van der Waals surface area contributed by atoms with E-state index < -0.39 is 0 Å². The molecule has 17 heavy (non-hydrogen) atoms. The number of nitrogens with two attached hydrogens (primary N) is 1. The van der Waals surface area contributed by atoms with E-state index in [0.717, 1.165) is 5.39 Å². The Morgan fingerprint density at radius 2 is 2.29 bits per heavy atom. The lowest BCUT2D eigenvalue weighted by Crippen LogP contribution is -2.19. The van der Waals surface area contributed by atoms with Crippen LogP contribution in [0.1, 0.15) is 12.5 Å². The van der Waals surface area contributed by atoms with Crippen LogP contribution in [-0.4, -0.2) is 11.6 Å². The minimum Gasteiger partial charge on any atom is -0.493 e. The van der Waals surface area contributed by atoms with Gasteiger partial charge in [-0.2, -0.15) is 0 Å². The molecule has 0 saturated heterocycles. The molecule has 1 aromatic heterocycles. The monoisotopic (exact) mass is 248 g/mol. The molecule has 0 spiro atoms. The standard InChI is InChI=1S/C12H12N2O2S/c1-2-15-9-4-3-5-10-7(9)6-8(12(14)17)11(13)16-10/h3-6,13H,2H2,1H3,(H2,14,17). The topological polar surface area (TPSA) is 72.2 Å². The van der Waals surface area contributed by atoms with Crippen molar-refractivity contribution in [3.63, 3.8) is 0 Å². The summed E-state index contributed by atoms with van der Waals surface area (Å²) in [5, 5.41) is 8.45.